The Hall–Kier alpha value is -0.410. The van der Waals surface area contributed by atoms with Gasteiger partial charge in [0.15, 0.2) is 5.75 Å². The van der Waals surface area contributed by atoms with E-state index in [1.54, 1.807) is 18.0 Å². The van der Waals surface area contributed by atoms with Crippen molar-refractivity contribution in [2.45, 2.75) is 18.9 Å². The van der Waals surface area contributed by atoms with Crippen molar-refractivity contribution < 1.29 is 4.74 Å². The molecule has 0 saturated heterocycles. The third kappa shape index (κ3) is 4.31. The van der Waals surface area contributed by atoms with Crippen molar-refractivity contribution in [1.82, 2.24) is 4.98 Å². The van der Waals surface area contributed by atoms with Gasteiger partial charge in [0, 0.05) is 17.8 Å². The molecule has 1 aromatic rings. The summed E-state index contributed by atoms with van der Waals surface area (Å²) in [5, 5.41) is 0.955. The Morgan fingerprint density at radius 1 is 1.60 bits per heavy atom. The fraction of sp³-hybridized carbons (Fsp3) is 0.545. The van der Waals surface area contributed by atoms with Gasteiger partial charge in [0.1, 0.15) is 5.03 Å². The lowest BCUT2D eigenvalue weighted by molar-refractivity contribution is 0.329. The summed E-state index contributed by atoms with van der Waals surface area (Å²) in [6.45, 7) is 4.77. The third-order valence-electron chi connectivity index (χ3n) is 1.80. The van der Waals surface area contributed by atoms with Crippen LogP contribution in [0.1, 0.15) is 13.8 Å². The molecule has 0 saturated carbocycles. The Labute approximate surface area is 100 Å². The molecule has 4 heteroatoms. The van der Waals surface area contributed by atoms with Crippen LogP contribution in [-0.2, 0) is 0 Å². The summed E-state index contributed by atoms with van der Waals surface area (Å²) in [7, 11) is 0. The van der Waals surface area contributed by atoms with Gasteiger partial charge in [-0.1, -0.05) is 6.92 Å². The highest BCUT2D eigenvalue weighted by molar-refractivity contribution is 7.99. The number of alkyl halides is 1. The Balaban J connectivity index is 2.58. The Kier molecular flexibility index (Phi) is 5.88. The number of hydrogen-bond donors (Lipinski definition) is 0. The highest BCUT2D eigenvalue weighted by Gasteiger charge is 2.07. The van der Waals surface area contributed by atoms with Gasteiger partial charge in [-0.05, 0) is 25.0 Å². The molecule has 0 bridgehead atoms. The molecule has 0 radical (unpaired) electrons. The van der Waals surface area contributed by atoms with E-state index in [4.69, 9.17) is 16.3 Å². The molecule has 0 amide bonds. The van der Waals surface area contributed by atoms with Crippen LogP contribution >= 0.6 is 23.4 Å². The van der Waals surface area contributed by atoms with Crippen molar-refractivity contribution in [1.29, 1.82) is 0 Å². The van der Waals surface area contributed by atoms with Crippen LogP contribution in [0.4, 0.5) is 0 Å². The molecule has 0 aromatic carbocycles. The van der Waals surface area contributed by atoms with Gasteiger partial charge in [-0.25, -0.2) is 4.98 Å². The predicted molar refractivity (Wildman–Crippen MR) is 66.0 cm³/mol. The fourth-order valence-corrected chi connectivity index (χ4v) is 2.22. The van der Waals surface area contributed by atoms with Crippen LogP contribution in [0.3, 0.4) is 0 Å². The maximum atomic E-state index is 5.75. The molecule has 0 aliphatic rings. The van der Waals surface area contributed by atoms with E-state index < -0.39 is 0 Å². The van der Waals surface area contributed by atoms with Crippen LogP contribution in [0, 0.1) is 5.92 Å². The number of hydrogen-bond acceptors (Lipinski definition) is 3. The second kappa shape index (κ2) is 6.96. The van der Waals surface area contributed by atoms with Crippen molar-refractivity contribution in [2.24, 2.45) is 5.92 Å². The van der Waals surface area contributed by atoms with E-state index in [0.29, 0.717) is 18.4 Å². The van der Waals surface area contributed by atoms with Crippen LogP contribution in [0.25, 0.3) is 0 Å². The monoisotopic (exact) mass is 245 g/mol. The standard InChI is InChI=1S/C11H16ClNOS/c1-3-14-10-5-4-6-13-11(10)15-8-9(2)7-12/h4-6,9H,3,7-8H2,1-2H3. The van der Waals surface area contributed by atoms with Crippen LogP contribution in [-0.4, -0.2) is 23.2 Å². The Morgan fingerprint density at radius 3 is 3.07 bits per heavy atom. The number of halogens is 1. The highest BCUT2D eigenvalue weighted by Crippen LogP contribution is 2.28. The Morgan fingerprint density at radius 2 is 2.40 bits per heavy atom. The molecule has 84 valence electrons. The van der Waals surface area contributed by atoms with Gasteiger partial charge in [-0.15, -0.1) is 23.4 Å². The van der Waals surface area contributed by atoms with Crippen molar-refractivity contribution >= 4 is 23.4 Å². The first kappa shape index (κ1) is 12.7. The molecule has 1 atom stereocenters. The van der Waals surface area contributed by atoms with E-state index in [2.05, 4.69) is 11.9 Å². The molecule has 0 fully saturated rings. The lowest BCUT2D eigenvalue weighted by Crippen LogP contribution is -2.01. The van der Waals surface area contributed by atoms with Crippen LogP contribution < -0.4 is 4.74 Å². The van der Waals surface area contributed by atoms with Crippen molar-refractivity contribution in [2.75, 3.05) is 18.2 Å². The van der Waals surface area contributed by atoms with E-state index in [1.165, 1.54) is 0 Å². The number of pyridine rings is 1. The zero-order valence-electron chi connectivity index (χ0n) is 9.07. The smallest absolute Gasteiger partial charge is 0.151 e. The molecule has 0 N–H and O–H groups in total. The second-order valence-corrected chi connectivity index (χ2v) is 4.63. The average Bonchev–Trinajstić information content (AvgIpc) is 2.28. The SMILES string of the molecule is CCOc1cccnc1SCC(C)CCl. The predicted octanol–water partition coefficient (Wildman–Crippen LogP) is 3.45. The van der Waals surface area contributed by atoms with Crippen molar-refractivity contribution in [3.63, 3.8) is 0 Å². The minimum absolute atomic E-state index is 0.494. The molecule has 2 nitrogen and oxygen atoms in total. The summed E-state index contributed by atoms with van der Waals surface area (Å²) >= 11 is 7.45. The van der Waals surface area contributed by atoms with Gasteiger partial charge < -0.3 is 4.74 Å². The molecule has 1 aromatic heterocycles. The topological polar surface area (TPSA) is 22.1 Å². The molecule has 0 aliphatic carbocycles. The van der Waals surface area contributed by atoms with E-state index in [9.17, 15) is 0 Å². The number of rotatable bonds is 6. The number of aromatic nitrogens is 1. The zero-order chi connectivity index (χ0) is 11.1. The molecular weight excluding hydrogens is 230 g/mol. The highest BCUT2D eigenvalue weighted by atomic mass is 35.5. The third-order valence-corrected chi connectivity index (χ3v) is 3.65. The first-order valence-corrected chi connectivity index (χ1v) is 6.56. The number of nitrogens with zero attached hydrogens (tertiary/aromatic N) is 1. The molecule has 15 heavy (non-hydrogen) atoms. The number of thioether (sulfide) groups is 1. The first-order valence-electron chi connectivity index (χ1n) is 5.04. The van der Waals surface area contributed by atoms with Crippen LogP contribution in [0.2, 0.25) is 0 Å². The summed E-state index contributed by atoms with van der Waals surface area (Å²) in [5.74, 6) is 3.02. The molecule has 0 aliphatic heterocycles. The van der Waals surface area contributed by atoms with Crippen LogP contribution in [0.5, 0.6) is 5.75 Å². The molecule has 0 spiro atoms. The lowest BCUT2D eigenvalue weighted by atomic mass is 10.3. The minimum atomic E-state index is 0.494. The summed E-state index contributed by atoms with van der Waals surface area (Å²) in [6, 6.07) is 3.84. The normalized spacial score (nSPS) is 12.5. The van der Waals surface area contributed by atoms with Gasteiger partial charge in [0.2, 0.25) is 0 Å². The van der Waals surface area contributed by atoms with E-state index in [-0.39, 0.29) is 0 Å². The Bertz CT molecular complexity index is 296. The number of ether oxygens (including phenoxy) is 1. The van der Waals surface area contributed by atoms with Gasteiger partial charge >= 0.3 is 0 Å². The molecule has 1 unspecified atom stereocenters. The maximum Gasteiger partial charge on any atom is 0.151 e. The molecule has 1 rings (SSSR count). The van der Waals surface area contributed by atoms with Crippen molar-refractivity contribution in [3.05, 3.63) is 18.3 Å². The summed E-state index contributed by atoms with van der Waals surface area (Å²) in [5.41, 5.74) is 0. The summed E-state index contributed by atoms with van der Waals surface area (Å²) in [4.78, 5) is 4.30. The first-order chi connectivity index (χ1) is 7.27. The second-order valence-electron chi connectivity index (χ2n) is 3.31. The quantitative estimate of drug-likeness (QED) is 0.566. The largest absolute Gasteiger partial charge is 0.491 e. The fourth-order valence-electron chi connectivity index (χ4n) is 1.02. The molecule has 1 heterocycles. The average molecular weight is 246 g/mol. The van der Waals surface area contributed by atoms with Gasteiger partial charge in [0.25, 0.3) is 0 Å². The van der Waals surface area contributed by atoms with Gasteiger partial charge in [-0.2, -0.15) is 0 Å². The van der Waals surface area contributed by atoms with Crippen molar-refractivity contribution in [3.8, 4) is 5.75 Å². The maximum absolute atomic E-state index is 5.75. The minimum Gasteiger partial charge on any atom is -0.491 e. The van der Waals surface area contributed by atoms with E-state index in [0.717, 1.165) is 16.5 Å². The molecular formula is C11H16ClNOS. The summed E-state index contributed by atoms with van der Waals surface area (Å²) < 4.78 is 5.49. The van der Waals surface area contributed by atoms with Gasteiger partial charge in [-0.3, -0.25) is 0 Å². The van der Waals surface area contributed by atoms with Gasteiger partial charge in [0.05, 0.1) is 6.61 Å². The summed E-state index contributed by atoms with van der Waals surface area (Å²) in [6.07, 6.45) is 1.79. The van der Waals surface area contributed by atoms with Crippen LogP contribution in [0.15, 0.2) is 23.4 Å². The van der Waals surface area contributed by atoms with E-state index in [1.807, 2.05) is 19.1 Å². The van der Waals surface area contributed by atoms with E-state index >= 15 is 0 Å². The lowest BCUT2D eigenvalue weighted by Gasteiger charge is -2.10. The zero-order valence-corrected chi connectivity index (χ0v) is 10.6.